The number of hydrogen-bond donors (Lipinski definition) is 0. The van der Waals surface area contributed by atoms with Crippen LogP contribution in [0.5, 0.6) is 0 Å². The van der Waals surface area contributed by atoms with Crippen LogP contribution in [-0.2, 0) is 22.6 Å². The summed E-state index contributed by atoms with van der Waals surface area (Å²) < 4.78 is 0. The molecule has 0 aromatic heterocycles. The lowest BCUT2D eigenvalue weighted by Crippen LogP contribution is -2.34. The summed E-state index contributed by atoms with van der Waals surface area (Å²) in [5.41, 5.74) is 2.62. The molecular weight excluding hydrogens is 300 g/mol. The number of carbonyl (C=O) groups is 2. The van der Waals surface area contributed by atoms with E-state index in [1.54, 1.807) is 0 Å². The van der Waals surface area contributed by atoms with Crippen LogP contribution in [0.4, 0.5) is 0 Å². The summed E-state index contributed by atoms with van der Waals surface area (Å²) >= 11 is 0. The van der Waals surface area contributed by atoms with Crippen molar-refractivity contribution in [3.63, 3.8) is 0 Å². The Kier molecular flexibility index (Phi) is 4.75. The molecule has 0 bridgehead atoms. The summed E-state index contributed by atoms with van der Waals surface area (Å²) in [6.07, 6.45) is 2.27. The number of hydrogen-bond acceptors (Lipinski definition) is 3. The van der Waals surface area contributed by atoms with Gasteiger partial charge in [0.1, 0.15) is 5.70 Å². The fourth-order valence-corrected chi connectivity index (χ4v) is 2.75. The molecule has 0 aliphatic carbocycles. The largest absolute Gasteiger partial charge is 0.370 e. The van der Waals surface area contributed by atoms with E-state index in [4.69, 9.17) is 0 Å². The second-order valence-electron chi connectivity index (χ2n) is 5.90. The standard InChI is InChI=1S/C20H20N2O2/c1-21(13-12-16-8-4-2-5-9-16)18-14-19(23)22(20(18)24)15-17-10-6-3-7-11-17/h2-11,14H,12-13,15H2,1H3. The highest BCUT2D eigenvalue weighted by molar-refractivity contribution is 6.15. The molecule has 1 aliphatic heterocycles. The summed E-state index contributed by atoms with van der Waals surface area (Å²) in [5, 5.41) is 0. The molecule has 0 N–H and O–H groups in total. The van der Waals surface area contributed by atoms with Crippen molar-refractivity contribution in [2.75, 3.05) is 13.6 Å². The maximum Gasteiger partial charge on any atom is 0.277 e. The molecule has 1 heterocycles. The fourth-order valence-electron chi connectivity index (χ4n) is 2.75. The van der Waals surface area contributed by atoms with Crippen LogP contribution in [0.1, 0.15) is 11.1 Å². The van der Waals surface area contributed by atoms with E-state index >= 15 is 0 Å². The first-order chi connectivity index (χ1) is 11.6. The van der Waals surface area contributed by atoms with E-state index in [1.807, 2.05) is 60.5 Å². The molecule has 0 unspecified atom stereocenters. The molecule has 0 radical (unpaired) electrons. The summed E-state index contributed by atoms with van der Waals surface area (Å²) in [6, 6.07) is 19.7. The maximum absolute atomic E-state index is 12.6. The van der Waals surface area contributed by atoms with Crippen LogP contribution in [0.25, 0.3) is 0 Å². The molecule has 4 nitrogen and oxygen atoms in total. The van der Waals surface area contributed by atoms with Gasteiger partial charge < -0.3 is 4.90 Å². The Bertz CT molecular complexity index is 754. The van der Waals surface area contributed by atoms with E-state index in [9.17, 15) is 9.59 Å². The van der Waals surface area contributed by atoms with Gasteiger partial charge in [0.2, 0.25) is 0 Å². The van der Waals surface area contributed by atoms with Gasteiger partial charge >= 0.3 is 0 Å². The second kappa shape index (κ2) is 7.13. The molecule has 0 fully saturated rings. The average Bonchev–Trinajstić information content (AvgIpc) is 2.90. The highest BCUT2D eigenvalue weighted by atomic mass is 16.2. The number of amides is 2. The summed E-state index contributed by atoms with van der Waals surface area (Å²) in [6.45, 7) is 0.999. The first-order valence-corrected chi connectivity index (χ1v) is 8.01. The molecule has 2 amide bonds. The first-order valence-electron chi connectivity index (χ1n) is 8.01. The molecule has 24 heavy (non-hydrogen) atoms. The molecule has 0 saturated carbocycles. The fraction of sp³-hybridized carbons (Fsp3) is 0.200. The minimum absolute atomic E-state index is 0.223. The zero-order valence-electron chi connectivity index (χ0n) is 13.7. The number of carbonyl (C=O) groups excluding carboxylic acids is 2. The molecule has 0 saturated heterocycles. The lowest BCUT2D eigenvalue weighted by Gasteiger charge is -2.21. The molecule has 0 atom stereocenters. The predicted molar refractivity (Wildman–Crippen MR) is 92.9 cm³/mol. The highest BCUT2D eigenvalue weighted by Gasteiger charge is 2.32. The number of rotatable bonds is 6. The summed E-state index contributed by atoms with van der Waals surface area (Å²) in [7, 11) is 1.85. The van der Waals surface area contributed by atoms with Crippen molar-refractivity contribution in [1.29, 1.82) is 0 Å². The van der Waals surface area contributed by atoms with Crippen molar-refractivity contribution in [2.45, 2.75) is 13.0 Å². The smallest absolute Gasteiger partial charge is 0.277 e. The minimum Gasteiger partial charge on any atom is -0.370 e. The Morgan fingerprint density at radius 1 is 0.875 bits per heavy atom. The van der Waals surface area contributed by atoms with Gasteiger partial charge in [-0.2, -0.15) is 0 Å². The van der Waals surface area contributed by atoms with Crippen LogP contribution in [0.2, 0.25) is 0 Å². The van der Waals surface area contributed by atoms with Crippen molar-refractivity contribution in [1.82, 2.24) is 9.80 Å². The maximum atomic E-state index is 12.6. The zero-order valence-corrected chi connectivity index (χ0v) is 13.7. The van der Waals surface area contributed by atoms with E-state index in [0.717, 1.165) is 12.0 Å². The van der Waals surface area contributed by atoms with Gasteiger partial charge in [0.25, 0.3) is 11.8 Å². The second-order valence-corrected chi connectivity index (χ2v) is 5.90. The van der Waals surface area contributed by atoms with Gasteiger partial charge in [-0.25, -0.2) is 0 Å². The first kappa shape index (κ1) is 16.0. The van der Waals surface area contributed by atoms with Crippen LogP contribution in [0, 0.1) is 0 Å². The van der Waals surface area contributed by atoms with E-state index in [1.165, 1.54) is 16.5 Å². The normalized spacial score (nSPS) is 14.0. The van der Waals surface area contributed by atoms with Crippen LogP contribution in [0.15, 0.2) is 72.4 Å². The van der Waals surface area contributed by atoms with E-state index in [-0.39, 0.29) is 11.8 Å². The summed E-state index contributed by atoms with van der Waals surface area (Å²) in [4.78, 5) is 27.9. The van der Waals surface area contributed by atoms with Gasteiger partial charge in [0, 0.05) is 19.7 Å². The molecule has 0 spiro atoms. The quantitative estimate of drug-likeness (QED) is 0.768. The van der Waals surface area contributed by atoms with E-state index in [2.05, 4.69) is 12.1 Å². The van der Waals surface area contributed by atoms with Gasteiger partial charge in [0.05, 0.1) is 6.54 Å². The zero-order chi connectivity index (χ0) is 16.9. The van der Waals surface area contributed by atoms with Crippen molar-refractivity contribution in [3.05, 3.63) is 83.6 Å². The summed E-state index contributed by atoms with van der Waals surface area (Å²) in [5.74, 6) is -0.468. The van der Waals surface area contributed by atoms with Gasteiger partial charge in [0.15, 0.2) is 0 Å². The third-order valence-corrected chi connectivity index (χ3v) is 4.16. The van der Waals surface area contributed by atoms with Crippen molar-refractivity contribution in [3.8, 4) is 0 Å². The molecular formula is C20H20N2O2. The molecule has 122 valence electrons. The van der Waals surface area contributed by atoms with Crippen LogP contribution < -0.4 is 0 Å². The number of nitrogens with zero attached hydrogens (tertiary/aromatic N) is 2. The van der Waals surface area contributed by atoms with Crippen LogP contribution >= 0.6 is 0 Å². The average molecular weight is 320 g/mol. The molecule has 2 aromatic rings. The van der Waals surface area contributed by atoms with Crippen molar-refractivity contribution >= 4 is 11.8 Å². The number of imide groups is 1. The lowest BCUT2D eigenvalue weighted by atomic mass is 10.1. The topological polar surface area (TPSA) is 40.6 Å². The molecule has 2 aromatic carbocycles. The number of likely N-dealkylation sites (N-methyl/N-ethyl adjacent to an activating group) is 1. The van der Waals surface area contributed by atoms with Gasteiger partial charge in [-0.15, -0.1) is 0 Å². The minimum atomic E-state index is -0.245. The van der Waals surface area contributed by atoms with Crippen LogP contribution in [0.3, 0.4) is 0 Å². The molecule has 4 heteroatoms. The third kappa shape index (κ3) is 3.54. The lowest BCUT2D eigenvalue weighted by molar-refractivity contribution is -0.138. The Hall–Kier alpha value is -2.88. The molecule has 1 aliphatic rings. The number of benzene rings is 2. The van der Waals surface area contributed by atoms with E-state index in [0.29, 0.717) is 18.8 Å². The van der Waals surface area contributed by atoms with Crippen molar-refractivity contribution in [2.24, 2.45) is 0 Å². The van der Waals surface area contributed by atoms with E-state index < -0.39 is 0 Å². The van der Waals surface area contributed by atoms with Gasteiger partial charge in [-0.3, -0.25) is 14.5 Å². The molecule has 3 rings (SSSR count). The highest BCUT2D eigenvalue weighted by Crippen LogP contribution is 2.19. The predicted octanol–water partition coefficient (Wildman–Crippen LogP) is 2.61. The Balaban J connectivity index is 1.63. The van der Waals surface area contributed by atoms with Crippen molar-refractivity contribution < 1.29 is 9.59 Å². The van der Waals surface area contributed by atoms with Gasteiger partial charge in [-0.1, -0.05) is 60.7 Å². The Morgan fingerprint density at radius 2 is 1.46 bits per heavy atom. The Morgan fingerprint density at radius 3 is 2.08 bits per heavy atom. The Labute approximate surface area is 142 Å². The monoisotopic (exact) mass is 320 g/mol. The van der Waals surface area contributed by atoms with Crippen LogP contribution in [-0.4, -0.2) is 35.2 Å². The van der Waals surface area contributed by atoms with Gasteiger partial charge in [-0.05, 0) is 17.5 Å². The SMILES string of the molecule is CN(CCc1ccccc1)C1=CC(=O)N(Cc2ccccc2)C1=O. The third-order valence-electron chi connectivity index (χ3n) is 4.16.